The first-order chi connectivity index (χ1) is 6.27. The summed E-state index contributed by atoms with van der Waals surface area (Å²) in [5, 5.41) is 8.82. The fraction of sp³-hybridized carbons (Fsp3) is 0.300. The maximum absolute atomic E-state index is 8.82. The minimum Gasteiger partial charge on any atom is -0.496 e. The third-order valence-electron chi connectivity index (χ3n) is 2.39. The van der Waals surface area contributed by atoms with Gasteiger partial charge in [-0.2, -0.15) is 5.26 Å². The minimum absolute atomic E-state index is 0.0162. The number of nitriles is 1. The van der Waals surface area contributed by atoms with Crippen molar-refractivity contribution in [1.29, 1.82) is 5.26 Å². The van der Waals surface area contributed by atoms with Crippen molar-refractivity contribution in [3.8, 4) is 11.8 Å². The third-order valence-corrected chi connectivity index (χ3v) is 3.14. The monoisotopic (exact) mass is 237 g/mol. The molecule has 0 amide bonds. The Morgan fingerprint density at radius 3 is 3.00 bits per heavy atom. The zero-order valence-electron chi connectivity index (χ0n) is 7.17. The SMILES string of the molecule is COc1ccc(Br)c2c1C(C#N)C2. The van der Waals surface area contributed by atoms with E-state index in [1.165, 1.54) is 5.56 Å². The van der Waals surface area contributed by atoms with Crippen molar-refractivity contribution in [3.63, 3.8) is 0 Å². The maximum atomic E-state index is 8.82. The van der Waals surface area contributed by atoms with Gasteiger partial charge in [0.2, 0.25) is 0 Å². The van der Waals surface area contributed by atoms with Gasteiger partial charge in [-0.15, -0.1) is 0 Å². The van der Waals surface area contributed by atoms with Gasteiger partial charge in [0.1, 0.15) is 5.75 Å². The quantitative estimate of drug-likeness (QED) is 0.753. The summed E-state index contributed by atoms with van der Waals surface area (Å²) in [4.78, 5) is 0. The number of ether oxygens (including phenoxy) is 1. The van der Waals surface area contributed by atoms with Crippen molar-refractivity contribution in [3.05, 3.63) is 27.7 Å². The first kappa shape index (κ1) is 8.58. The average molecular weight is 238 g/mol. The molecule has 1 aromatic rings. The van der Waals surface area contributed by atoms with E-state index in [-0.39, 0.29) is 5.92 Å². The van der Waals surface area contributed by atoms with Gasteiger partial charge in [-0.3, -0.25) is 0 Å². The van der Waals surface area contributed by atoms with Crippen molar-refractivity contribution in [2.24, 2.45) is 0 Å². The third kappa shape index (κ3) is 1.13. The second-order valence-corrected chi connectivity index (χ2v) is 3.88. The van der Waals surface area contributed by atoms with Crippen LogP contribution in [-0.4, -0.2) is 7.11 Å². The van der Waals surface area contributed by atoms with Crippen LogP contribution >= 0.6 is 15.9 Å². The van der Waals surface area contributed by atoms with Gasteiger partial charge in [-0.1, -0.05) is 15.9 Å². The van der Waals surface area contributed by atoms with E-state index < -0.39 is 0 Å². The second-order valence-electron chi connectivity index (χ2n) is 3.03. The Labute approximate surface area is 85.3 Å². The molecule has 0 radical (unpaired) electrons. The molecule has 1 unspecified atom stereocenters. The van der Waals surface area contributed by atoms with Crippen molar-refractivity contribution in [1.82, 2.24) is 0 Å². The number of fused-ring (bicyclic) bond motifs is 1. The first-order valence-electron chi connectivity index (χ1n) is 4.02. The minimum atomic E-state index is 0.0162. The predicted octanol–water partition coefficient (Wildman–Crippen LogP) is 2.62. The largest absolute Gasteiger partial charge is 0.496 e. The van der Waals surface area contributed by atoms with Crippen LogP contribution in [-0.2, 0) is 6.42 Å². The van der Waals surface area contributed by atoms with E-state index in [0.29, 0.717) is 0 Å². The molecule has 13 heavy (non-hydrogen) atoms. The molecule has 0 aliphatic heterocycles. The molecule has 1 atom stereocenters. The molecule has 1 aromatic carbocycles. The second kappa shape index (κ2) is 3.04. The van der Waals surface area contributed by atoms with Crippen LogP contribution in [0.15, 0.2) is 16.6 Å². The summed E-state index contributed by atoms with van der Waals surface area (Å²) in [5.74, 6) is 0.846. The Balaban J connectivity index is 2.55. The Hall–Kier alpha value is -1.01. The molecule has 2 nitrogen and oxygen atoms in total. The topological polar surface area (TPSA) is 33.0 Å². The first-order valence-corrected chi connectivity index (χ1v) is 4.82. The van der Waals surface area contributed by atoms with Gasteiger partial charge in [0.05, 0.1) is 19.1 Å². The van der Waals surface area contributed by atoms with Crippen LogP contribution in [0.5, 0.6) is 5.75 Å². The standard InChI is InChI=1S/C10H8BrNO/c1-13-9-3-2-8(11)7-4-6(5-12)10(7)9/h2-3,6H,4H2,1H3. The molecule has 1 aliphatic carbocycles. The van der Waals surface area contributed by atoms with Crippen LogP contribution in [0, 0.1) is 11.3 Å². The Bertz CT molecular complexity index is 395. The summed E-state index contributed by atoms with van der Waals surface area (Å²) in [6.45, 7) is 0. The molecule has 0 aromatic heterocycles. The van der Waals surface area contributed by atoms with Crippen LogP contribution in [0.2, 0.25) is 0 Å². The fourth-order valence-electron chi connectivity index (χ4n) is 1.67. The Morgan fingerprint density at radius 2 is 2.38 bits per heavy atom. The summed E-state index contributed by atoms with van der Waals surface area (Å²) in [7, 11) is 1.64. The molecule has 3 heteroatoms. The van der Waals surface area contributed by atoms with Crippen molar-refractivity contribution in [2.45, 2.75) is 12.3 Å². The lowest BCUT2D eigenvalue weighted by atomic mass is 9.78. The molecule has 0 fully saturated rings. The molecular weight excluding hydrogens is 230 g/mol. The van der Waals surface area contributed by atoms with Crippen molar-refractivity contribution in [2.75, 3.05) is 7.11 Å². The highest BCUT2D eigenvalue weighted by Crippen LogP contribution is 2.44. The molecule has 0 heterocycles. The Morgan fingerprint density at radius 1 is 1.62 bits per heavy atom. The van der Waals surface area contributed by atoms with Gasteiger partial charge in [-0.25, -0.2) is 0 Å². The summed E-state index contributed by atoms with van der Waals surface area (Å²) in [5.41, 5.74) is 2.27. The summed E-state index contributed by atoms with van der Waals surface area (Å²) in [6, 6.07) is 6.12. The number of halogens is 1. The molecule has 0 saturated carbocycles. The van der Waals surface area contributed by atoms with E-state index in [1.54, 1.807) is 7.11 Å². The highest BCUT2D eigenvalue weighted by molar-refractivity contribution is 9.10. The summed E-state index contributed by atoms with van der Waals surface area (Å²) >= 11 is 3.45. The van der Waals surface area contributed by atoms with Crippen LogP contribution < -0.4 is 4.74 Å². The fourth-order valence-corrected chi connectivity index (χ4v) is 2.18. The van der Waals surface area contributed by atoms with Crippen LogP contribution in [0.25, 0.3) is 0 Å². The van der Waals surface area contributed by atoms with Gasteiger partial charge < -0.3 is 4.74 Å². The van der Waals surface area contributed by atoms with Gasteiger partial charge in [-0.05, 0) is 24.1 Å². The lowest BCUT2D eigenvalue weighted by molar-refractivity contribution is 0.402. The molecule has 2 rings (SSSR count). The summed E-state index contributed by atoms with van der Waals surface area (Å²) < 4.78 is 6.27. The van der Waals surface area contributed by atoms with Crippen LogP contribution in [0.1, 0.15) is 17.0 Å². The molecule has 0 spiro atoms. The van der Waals surface area contributed by atoms with Gasteiger partial charge in [0.15, 0.2) is 0 Å². The van der Waals surface area contributed by atoms with E-state index in [1.807, 2.05) is 12.1 Å². The van der Waals surface area contributed by atoms with Gasteiger partial charge >= 0.3 is 0 Å². The molecule has 66 valence electrons. The molecular formula is C10H8BrNO. The lowest BCUT2D eigenvalue weighted by Crippen LogP contribution is -2.17. The highest BCUT2D eigenvalue weighted by atomic mass is 79.9. The Kier molecular flexibility index (Phi) is 2.01. The average Bonchev–Trinajstić information content (AvgIpc) is 2.09. The molecule has 0 saturated heterocycles. The number of hydrogen-bond donors (Lipinski definition) is 0. The molecule has 1 aliphatic rings. The number of rotatable bonds is 1. The van der Waals surface area contributed by atoms with E-state index in [9.17, 15) is 0 Å². The van der Waals surface area contributed by atoms with Crippen molar-refractivity contribution >= 4 is 15.9 Å². The number of nitrogens with zero attached hydrogens (tertiary/aromatic N) is 1. The predicted molar refractivity (Wildman–Crippen MR) is 52.8 cm³/mol. The lowest BCUT2D eigenvalue weighted by Gasteiger charge is -2.27. The molecule has 0 N–H and O–H groups in total. The van der Waals surface area contributed by atoms with E-state index in [0.717, 1.165) is 22.2 Å². The van der Waals surface area contributed by atoms with E-state index >= 15 is 0 Å². The van der Waals surface area contributed by atoms with Gasteiger partial charge in [0.25, 0.3) is 0 Å². The van der Waals surface area contributed by atoms with Gasteiger partial charge in [0, 0.05) is 10.0 Å². The maximum Gasteiger partial charge on any atom is 0.123 e. The zero-order valence-corrected chi connectivity index (χ0v) is 8.76. The number of methoxy groups -OCH3 is 1. The number of benzene rings is 1. The van der Waals surface area contributed by atoms with E-state index in [2.05, 4.69) is 22.0 Å². The highest BCUT2D eigenvalue weighted by Gasteiger charge is 2.31. The van der Waals surface area contributed by atoms with Crippen LogP contribution in [0.4, 0.5) is 0 Å². The smallest absolute Gasteiger partial charge is 0.123 e. The normalized spacial score (nSPS) is 18.4. The molecule has 0 bridgehead atoms. The van der Waals surface area contributed by atoms with Crippen LogP contribution in [0.3, 0.4) is 0 Å². The summed E-state index contributed by atoms with van der Waals surface area (Å²) in [6.07, 6.45) is 0.837. The van der Waals surface area contributed by atoms with Crippen molar-refractivity contribution < 1.29 is 4.74 Å². The zero-order chi connectivity index (χ0) is 9.42. The van der Waals surface area contributed by atoms with E-state index in [4.69, 9.17) is 10.00 Å². The number of hydrogen-bond acceptors (Lipinski definition) is 2.